The van der Waals surface area contributed by atoms with Gasteiger partial charge in [-0.3, -0.25) is 0 Å². The van der Waals surface area contributed by atoms with Gasteiger partial charge in [-0.25, -0.2) is 9.59 Å². The second-order valence-electron chi connectivity index (χ2n) is 3.05. The maximum Gasteiger partial charge on any atom is 0.423 e. The first kappa shape index (κ1) is 13.5. The van der Waals surface area contributed by atoms with E-state index in [2.05, 4.69) is 0 Å². The molecule has 0 amide bonds. The van der Waals surface area contributed by atoms with Crippen molar-refractivity contribution >= 4 is 11.9 Å². The molecule has 0 aliphatic rings. The van der Waals surface area contributed by atoms with Crippen LogP contribution >= 0.6 is 0 Å². The van der Waals surface area contributed by atoms with Crippen molar-refractivity contribution in [1.29, 1.82) is 0 Å². The van der Waals surface area contributed by atoms with E-state index in [-0.39, 0.29) is 0 Å². The topological polar surface area (TPSA) is 74.6 Å². The van der Waals surface area contributed by atoms with Gasteiger partial charge in [0.25, 0.3) is 0 Å². The fourth-order valence-electron chi connectivity index (χ4n) is 1.03. The van der Waals surface area contributed by atoms with Crippen LogP contribution in [0.15, 0.2) is 11.1 Å². The van der Waals surface area contributed by atoms with Gasteiger partial charge >= 0.3 is 18.1 Å². The Hall–Kier alpha value is -1.53. The van der Waals surface area contributed by atoms with E-state index >= 15 is 0 Å². The first-order chi connectivity index (χ1) is 6.59. The zero-order chi connectivity index (χ0) is 12.4. The first-order valence-electron chi connectivity index (χ1n) is 3.87. The summed E-state index contributed by atoms with van der Waals surface area (Å²) in [5.41, 5.74) is -3.17. The zero-order valence-electron chi connectivity index (χ0n) is 7.92. The van der Waals surface area contributed by atoms with Crippen LogP contribution in [0.3, 0.4) is 0 Å². The minimum atomic E-state index is -5.18. The number of carboxylic acid groups (broad SMARTS) is 2. The van der Waals surface area contributed by atoms with Crippen molar-refractivity contribution in [2.45, 2.75) is 20.0 Å². The van der Waals surface area contributed by atoms with Crippen LogP contribution in [0.1, 0.15) is 13.8 Å². The fourth-order valence-corrected chi connectivity index (χ4v) is 1.03. The van der Waals surface area contributed by atoms with Crippen LogP contribution in [0, 0.1) is 5.92 Å². The van der Waals surface area contributed by atoms with E-state index in [0.717, 1.165) is 0 Å². The third-order valence-electron chi connectivity index (χ3n) is 1.57. The average Bonchev–Trinajstić information content (AvgIpc) is 1.94. The van der Waals surface area contributed by atoms with Gasteiger partial charge < -0.3 is 10.2 Å². The number of carboxylic acids is 2. The molecule has 0 heterocycles. The SMILES string of the molecule is CC(C)/C(C(=O)O)=C(\C(=O)O)C(F)(F)F. The summed E-state index contributed by atoms with van der Waals surface area (Å²) in [6.07, 6.45) is -5.18. The summed E-state index contributed by atoms with van der Waals surface area (Å²) in [5, 5.41) is 16.8. The third kappa shape index (κ3) is 3.26. The lowest BCUT2D eigenvalue weighted by atomic mass is 9.97. The van der Waals surface area contributed by atoms with Crippen LogP contribution in [0.25, 0.3) is 0 Å². The lowest BCUT2D eigenvalue weighted by Crippen LogP contribution is -2.26. The summed E-state index contributed by atoms with van der Waals surface area (Å²) < 4.78 is 36.7. The second kappa shape index (κ2) is 4.33. The highest BCUT2D eigenvalue weighted by atomic mass is 19.4. The Morgan fingerprint density at radius 2 is 1.47 bits per heavy atom. The summed E-state index contributed by atoms with van der Waals surface area (Å²) >= 11 is 0. The number of carbonyl (C=O) groups is 2. The molecule has 0 atom stereocenters. The number of rotatable bonds is 3. The van der Waals surface area contributed by atoms with Gasteiger partial charge in [-0.15, -0.1) is 0 Å². The predicted molar refractivity (Wildman–Crippen MR) is 43.2 cm³/mol. The van der Waals surface area contributed by atoms with Crippen molar-refractivity contribution in [3.05, 3.63) is 11.1 Å². The summed E-state index contributed by atoms with van der Waals surface area (Å²) in [6.45, 7) is 2.36. The molecule has 15 heavy (non-hydrogen) atoms. The zero-order valence-corrected chi connectivity index (χ0v) is 7.92. The number of alkyl halides is 3. The molecular formula is C8H9F3O4. The molecule has 4 nitrogen and oxygen atoms in total. The molecule has 0 fully saturated rings. The van der Waals surface area contributed by atoms with Crippen molar-refractivity contribution in [2.24, 2.45) is 5.92 Å². The maximum atomic E-state index is 12.2. The quantitative estimate of drug-likeness (QED) is 0.718. The largest absolute Gasteiger partial charge is 0.478 e. The summed E-state index contributed by atoms with van der Waals surface area (Å²) in [5.74, 6) is -5.19. The molecule has 0 unspecified atom stereocenters. The summed E-state index contributed by atoms with van der Waals surface area (Å²) in [6, 6.07) is 0. The third-order valence-corrected chi connectivity index (χ3v) is 1.57. The van der Waals surface area contributed by atoms with Crippen LogP contribution in [0.4, 0.5) is 13.2 Å². The molecule has 0 rings (SSSR count). The molecule has 0 spiro atoms. The van der Waals surface area contributed by atoms with E-state index in [4.69, 9.17) is 10.2 Å². The molecule has 7 heteroatoms. The van der Waals surface area contributed by atoms with Crippen LogP contribution in [0.2, 0.25) is 0 Å². The van der Waals surface area contributed by atoms with Crippen LogP contribution in [-0.2, 0) is 9.59 Å². The minimum absolute atomic E-state index is 1.03. The van der Waals surface area contributed by atoms with Crippen LogP contribution in [0.5, 0.6) is 0 Å². The second-order valence-corrected chi connectivity index (χ2v) is 3.05. The molecule has 0 bridgehead atoms. The Bertz CT molecular complexity index is 314. The Morgan fingerprint density at radius 3 is 1.53 bits per heavy atom. The summed E-state index contributed by atoms with van der Waals surface area (Å²) in [7, 11) is 0. The van der Waals surface area contributed by atoms with Gasteiger partial charge in [-0.2, -0.15) is 13.2 Å². The number of halogens is 3. The molecule has 0 saturated carbocycles. The van der Waals surface area contributed by atoms with Crippen LogP contribution < -0.4 is 0 Å². The van der Waals surface area contributed by atoms with Crippen molar-refractivity contribution in [2.75, 3.05) is 0 Å². The maximum absolute atomic E-state index is 12.2. The van der Waals surface area contributed by atoms with E-state index in [1.165, 1.54) is 13.8 Å². The molecular weight excluding hydrogens is 217 g/mol. The van der Waals surface area contributed by atoms with E-state index in [1.807, 2.05) is 0 Å². The molecule has 0 aromatic rings. The Labute approximate surface area is 83.0 Å². The van der Waals surface area contributed by atoms with Gasteiger partial charge in [0.05, 0.1) is 5.57 Å². The van der Waals surface area contributed by atoms with E-state index < -0.39 is 35.2 Å². The van der Waals surface area contributed by atoms with E-state index in [9.17, 15) is 22.8 Å². The van der Waals surface area contributed by atoms with Gasteiger partial charge in [-0.05, 0) is 5.92 Å². The normalized spacial score (nSPS) is 13.7. The van der Waals surface area contributed by atoms with E-state index in [0.29, 0.717) is 0 Å². The van der Waals surface area contributed by atoms with Gasteiger partial charge in [0.15, 0.2) is 5.57 Å². The van der Waals surface area contributed by atoms with Crippen LogP contribution in [-0.4, -0.2) is 28.3 Å². The molecule has 0 aromatic heterocycles. The molecule has 0 radical (unpaired) electrons. The van der Waals surface area contributed by atoms with Crippen molar-refractivity contribution in [1.82, 2.24) is 0 Å². The van der Waals surface area contributed by atoms with Gasteiger partial charge in [0.1, 0.15) is 0 Å². The van der Waals surface area contributed by atoms with E-state index in [1.54, 1.807) is 0 Å². The van der Waals surface area contributed by atoms with Crippen molar-refractivity contribution in [3.8, 4) is 0 Å². The van der Waals surface area contributed by atoms with Crippen molar-refractivity contribution in [3.63, 3.8) is 0 Å². The number of aliphatic carboxylic acids is 2. The highest BCUT2D eigenvalue weighted by Crippen LogP contribution is 2.31. The molecule has 0 aliphatic carbocycles. The van der Waals surface area contributed by atoms with Crippen molar-refractivity contribution < 1.29 is 33.0 Å². The Balaban J connectivity index is 5.81. The average molecular weight is 226 g/mol. The molecule has 0 aromatic carbocycles. The highest BCUT2D eigenvalue weighted by molar-refractivity contribution is 6.00. The Kier molecular flexibility index (Phi) is 3.89. The molecule has 0 aliphatic heterocycles. The monoisotopic (exact) mass is 226 g/mol. The lowest BCUT2D eigenvalue weighted by Gasteiger charge is -2.14. The van der Waals surface area contributed by atoms with Gasteiger partial charge in [-0.1, -0.05) is 13.8 Å². The lowest BCUT2D eigenvalue weighted by molar-refractivity contribution is -0.147. The minimum Gasteiger partial charge on any atom is -0.478 e. The predicted octanol–water partition coefficient (Wildman–Crippen LogP) is 1.67. The summed E-state index contributed by atoms with van der Waals surface area (Å²) in [4.78, 5) is 20.9. The smallest absolute Gasteiger partial charge is 0.423 e. The van der Waals surface area contributed by atoms with Gasteiger partial charge in [0, 0.05) is 0 Å². The molecule has 0 saturated heterocycles. The Morgan fingerprint density at radius 1 is 1.07 bits per heavy atom. The van der Waals surface area contributed by atoms with Gasteiger partial charge in [0.2, 0.25) is 0 Å². The number of hydrogen-bond donors (Lipinski definition) is 2. The fraction of sp³-hybridized carbons (Fsp3) is 0.500. The first-order valence-corrected chi connectivity index (χ1v) is 3.87. The molecule has 2 N–H and O–H groups in total. The standard InChI is InChI=1S/C8H9F3O4/c1-3(2)4(6(12)13)5(7(14)15)8(9,10)11/h3H,1-2H3,(H,12,13)(H,14,15)/b5-4-. The number of hydrogen-bond acceptors (Lipinski definition) is 2. The molecule has 86 valence electrons. The highest BCUT2D eigenvalue weighted by Gasteiger charge is 2.43.